The summed E-state index contributed by atoms with van der Waals surface area (Å²) < 4.78 is 32.2. The summed E-state index contributed by atoms with van der Waals surface area (Å²) in [6.45, 7) is 6.76. The molecule has 0 amide bonds. The molecule has 0 aromatic heterocycles. The van der Waals surface area contributed by atoms with E-state index in [2.05, 4.69) is 16.8 Å². The van der Waals surface area contributed by atoms with Gasteiger partial charge in [-0.2, -0.15) is 0 Å². The summed E-state index contributed by atoms with van der Waals surface area (Å²) >= 11 is 0. The maximum atomic E-state index is 13.5. The third-order valence-corrected chi connectivity index (χ3v) is 3.92. The van der Waals surface area contributed by atoms with E-state index in [1.807, 2.05) is 6.92 Å². The van der Waals surface area contributed by atoms with E-state index in [9.17, 15) is 8.78 Å². The number of alkyl halides is 2. The summed E-state index contributed by atoms with van der Waals surface area (Å²) in [6, 6.07) is 0. The van der Waals surface area contributed by atoms with Crippen LogP contribution in [0.2, 0.25) is 0 Å². The number of nitrogens with zero attached hydrogens (tertiary/aromatic N) is 2. The summed E-state index contributed by atoms with van der Waals surface area (Å²) in [4.78, 5) is 4.39. The molecule has 0 aromatic rings. The van der Waals surface area contributed by atoms with E-state index >= 15 is 0 Å². The lowest BCUT2D eigenvalue weighted by atomic mass is 10.1. The van der Waals surface area contributed by atoms with Crippen molar-refractivity contribution in [3.05, 3.63) is 0 Å². The molecule has 0 radical (unpaired) electrons. The van der Waals surface area contributed by atoms with Gasteiger partial charge < -0.3 is 9.64 Å². The van der Waals surface area contributed by atoms with Gasteiger partial charge in [0.05, 0.1) is 12.0 Å². The van der Waals surface area contributed by atoms with Gasteiger partial charge in [0.1, 0.15) is 0 Å². The van der Waals surface area contributed by atoms with Crippen LogP contribution < -0.4 is 0 Å². The molecule has 1 aliphatic carbocycles. The lowest BCUT2D eigenvalue weighted by Crippen LogP contribution is -2.47. The number of hydrogen-bond acceptors (Lipinski definition) is 3. The Kier molecular flexibility index (Phi) is 3.71. The molecule has 100 valence electrons. The molecule has 1 aliphatic heterocycles. The number of hydrogen-bond donors (Lipinski definition) is 0. The Hall–Kier alpha value is -0.260. The molecule has 1 saturated heterocycles. The maximum Gasteiger partial charge on any atom is 0.258 e. The van der Waals surface area contributed by atoms with Gasteiger partial charge in [-0.25, -0.2) is 8.78 Å². The van der Waals surface area contributed by atoms with Crippen LogP contribution in [0, 0.1) is 5.41 Å². The van der Waals surface area contributed by atoms with Crippen LogP contribution in [-0.4, -0.2) is 68.7 Å². The topological polar surface area (TPSA) is 15.7 Å². The maximum absolute atomic E-state index is 13.5. The first-order valence-electron chi connectivity index (χ1n) is 6.35. The predicted octanol–water partition coefficient (Wildman–Crippen LogP) is 1.30. The fraction of sp³-hybridized carbons (Fsp3) is 1.00. The summed E-state index contributed by atoms with van der Waals surface area (Å²) in [5.74, 6) is -2.52. The molecule has 1 unspecified atom stereocenters. The van der Waals surface area contributed by atoms with E-state index in [4.69, 9.17) is 4.74 Å². The average Bonchev–Trinajstić information content (AvgIpc) is 2.81. The Morgan fingerprint density at radius 2 is 1.76 bits per heavy atom. The van der Waals surface area contributed by atoms with Gasteiger partial charge in [0.2, 0.25) is 0 Å². The second-order valence-electron chi connectivity index (χ2n) is 5.38. The van der Waals surface area contributed by atoms with Crippen molar-refractivity contribution in [2.45, 2.75) is 19.3 Å². The van der Waals surface area contributed by atoms with Gasteiger partial charge in [0.25, 0.3) is 5.92 Å². The number of halogens is 2. The minimum Gasteiger partial charge on any atom is -0.381 e. The third-order valence-electron chi connectivity index (χ3n) is 3.92. The van der Waals surface area contributed by atoms with Crippen molar-refractivity contribution in [3.63, 3.8) is 0 Å². The molecule has 0 N–H and O–H groups in total. The molecule has 1 atom stereocenters. The van der Waals surface area contributed by atoms with Gasteiger partial charge in [-0.3, -0.25) is 4.90 Å². The average molecular weight is 248 g/mol. The summed E-state index contributed by atoms with van der Waals surface area (Å²) in [7, 11) is 2.07. The second-order valence-corrected chi connectivity index (χ2v) is 5.38. The van der Waals surface area contributed by atoms with Gasteiger partial charge in [0.15, 0.2) is 0 Å². The fourth-order valence-electron chi connectivity index (χ4n) is 2.49. The van der Waals surface area contributed by atoms with Crippen LogP contribution in [0.3, 0.4) is 0 Å². The van der Waals surface area contributed by atoms with Crippen molar-refractivity contribution in [3.8, 4) is 0 Å². The lowest BCUT2D eigenvalue weighted by Gasteiger charge is -2.34. The van der Waals surface area contributed by atoms with Crippen LogP contribution in [0.25, 0.3) is 0 Å². The highest BCUT2D eigenvalue weighted by Crippen LogP contribution is 2.60. The summed E-state index contributed by atoms with van der Waals surface area (Å²) in [5, 5.41) is 0. The van der Waals surface area contributed by atoms with E-state index in [1.165, 1.54) is 0 Å². The van der Waals surface area contributed by atoms with Crippen molar-refractivity contribution in [1.29, 1.82) is 0 Å². The number of likely N-dealkylation sites (N-methyl/N-ethyl adjacent to an activating group) is 1. The highest BCUT2D eigenvalue weighted by atomic mass is 19.3. The Morgan fingerprint density at radius 1 is 1.18 bits per heavy atom. The van der Waals surface area contributed by atoms with Crippen molar-refractivity contribution in [1.82, 2.24) is 9.80 Å². The van der Waals surface area contributed by atoms with Crippen molar-refractivity contribution in [2.75, 3.05) is 53.0 Å². The van der Waals surface area contributed by atoms with Gasteiger partial charge in [-0.05, 0) is 14.0 Å². The quantitative estimate of drug-likeness (QED) is 0.729. The Labute approximate surface area is 102 Å². The Balaban J connectivity index is 1.87. The largest absolute Gasteiger partial charge is 0.381 e. The minimum atomic E-state index is -2.52. The van der Waals surface area contributed by atoms with Crippen LogP contribution in [0.5, 0.6) is 0 Å². The molecule has 0 aromatic carbocycles. The van der Waals surface area contributed by atoms with Crippen LogP contribution in [0.15, 0.2) is 0 Å². The zero-order valence-corrected chi connectivity index (χ0v) is 10.7. The molecular weight excluding hydrogens is 226 g/mol. The van der Waals surface area contributed by atoms with Crippen molar-refractivity contribution in [2.24, 2.45) is 5.41 Å². The molecule has 2 fully saturated rings. The zero-order valence-electron chi connectivity index (χ0n) is 10.7. The first kappa shape index (κ1) is 13.2. The first-order valence-corrected chi connectivity index (χ1v) is 6.35. The number of piperazine rings is 1. The van der Waals surface area contributed by atoms with E-state index in [-0.39, 0.29) is 13.0 Å². The van der Waals surface area contributed by atoms with E-state index < -0.39 is 11.3 Å². The standard InChI is InChI=1S/C12H22F2N2O/c1-3-17-10-11(8-12(11,13)14)9-16-6-4-15(2)5-7-16/h3-10H2,1-2H3. The second kappa shape index (κ2) is 4.78. The monoisotopic (exact) mass is 248 g/mol. The zero-order chi connectivity index (χ0) is 12.5. The van der Waals surface area contributed by atoms with Crippen molar-refractivity contribution >= 4 is 0 Å². The van der Waals surface area contributed by atoms with Crippen LogP contribution in [0.1, 0.15) is 13.3 Å². The molecule has 2 rings (SSSR count). The van der Waals surface area contributed by atoms with Crippen LogP contribution in [-0.2, 0) is 4.74 Å². The van der Waals surface area contributed by atoms with Gasteiger partial charge >= 0.3 is 0 Å². The first-order chi connectivity index (χ1) is 7.99. The SMILES string of the molecule is CCOCC1(CN2CCN(C)CC2)CC1(F)F. The summed E-state index contributed by atoms with van der Waals surface area (Å²) in [6.07, 6.45) is -0.00760. The molecule has 2 aliphatic rings. The van der Waals surface area contributed by atoms with E-state index in [0.29, 0.717) is 13.2 Å². The highest BCUT2D eigenvalue weighted by molar-refractivity contribution is 5.11. The van der Waals surface area contributed by atoms with Gasteiger partial charge in [-0.1, -0.05) is 0 Å². The van der Waals surface area contributed by atoms with Crippen LogP contribution in [0.4, 0.5) is 8.78 Å². The van der Waals surface area contributed by atoms with E-state index in [0.717, 1.165) is 26.2 Å². The minimum absolute atomic E-state index is 0.00760. The molecule has 3 nitrogen and oxygen atoms in total. The smallest absolute Gasteiger partial charge is 0.258 e. The van der Waals surface area contributed by atoms with Gasteiger partial charge in [-0.15, -0.1) is 0 Å². The Morgan fingerprint density at radius 3 is 2.24 bits per heavy atom. The molecule has 17 heavy (non-hydrogen) atoms. The summed E-state index contributed by atoms with van der Waals surface area (Å²) in [5.41, 5.74) is -0.904. The van der Waals surface area contributed by atoms with E-state index in [1.54, 1.807) is 0 Å². The Bertz CT molecular complexity index is 267. The highest BCUT2D eigenvalue weighted by Gasteiger charge is 2.71. The normalized spacial score (nSPS) is 33.9. The molecule has 0 bridgehead atoms. The molecular formula is C12H22F2N2O. The number of rotatable bonds is 5. The molecule has 1 saturated carbocycles. The molecule has 1 heterocycles. The predicted molar refractivity (Wildman–Crippen MR) is 62.4 cm³/mol. The molecule has 5 heteroatoms. The van der Waals surface area contributed by atoms with Gasteiger partial charge in [0, 0.05) is 45.8 Å². The van der Waals surface area contributed by atoms with Crippen LogP contribution >= 0.6 is 0 Å². The number of ether oxygens (including phenoxy) is 1. The fourth-order valence-corrected chi connectivity index (χ4v) is 2.49. The van der Waals surface area contributed by atoms with Crippen molar-refractivity contribution < 1.29 is 13.5 Å². The third kappa shape index (κ3) is 2.77. The lowest BCUT2D eigenvalue weighted by molar-refractivity contribution is -0.00993. The molecule has 0 spiro atoms.